The third-order valence-electron chi connectivity index (χ3n) is 2.53. The van der Waals surface area contributed by atoms with Gasteiger partial charge >= 0.3 is 0 Å². The second-order valence-corrected chi connectivity index (χ2v) is 5.43. The SMILES string of the molecule is CCC(C)(Br)c1ccc(COC)cc1. The molecule has 1 nitrogen and oxygen atoms in total. The molecule has 0 radical (unpaired) electrons. The van der Waals surface area contributed by atoms with E-state index in [4.69, 9.17) is 4.74 Å². The number of benzene rings is 1. The van der Waals surface area contributed by atoms with Gasteiger partial charge in [-0.2, -0.15) is 0 Å². The fraction of sp³-hybridized carbons (Fsp3) is 0.500. The van der Waals surface area contributed by atoms with E-state index >= 15 is 0 Å². The van der Waals surface area contributed by atoms with Crippen LogP contribution in [-0.4, -0.2) is 7.11 Å². The predicted molar refractivity (Wildman–Crippen MR) is 63.7 cm³/mol. The highest BCUT2D eigenvalue weighted by molar-refractivity contribution is 9.09. The summed E-state index contributed by atoms with van der Waals surface area (Å²) in [6.07, 6.45) is 1.08. The van der Waals surface area contributed by atoms with Gasteiger partial charge in [-0.05, 0) is 24.5 Å². The lowest BCUT2D eigenvalue weighted by Crippen LogP contribution is -2.10. The van der Waals surface area contributed by atoms with Crippen molar-refractivity contribution in [2.24, 2.45) is 0 Å². The van der Waals surface area contributed by atoms with E-state index in [9.17, 15) is 0 Å². The van der Waals surface area contributed by atoms with E-state index in [2.05, 4.69) is 54.0 Å². The van der Waals surface area contributed by atoms with E-state index < -0.39 is 0 Å². The van der Waals surface area contributed by atoms with Gasteiger partial charge in [0.1, 0.15) is 0 Å². The molecule has 0 heterocycles. The molecule has 0 bridgehead atoms. The molecule has 1 aromatic carbocycles. The van der Waals surface area contributed by atoms with Crippen molar-refractivity contribution < 1.29 is 4.74 Å². The van der Waals surface area contributed by atoms with E-state index in [1.807, 2.05) is 0 Å². The zero-order chi connectivity index (χ0) is 10.6. The fourth-order valence-electron chi connectivity index (χ4n) is 1.32. The van der Waals surface area contributed by atoms with Gasteiger partial charge < -0.3 is 4.74 Å². The van der Waals surface area contributed by atoms with Crippen LogP contribution in [0.2, 0.25) is 0 Å². The maximum atomic E-state index is 5.07. The summed E-state index contributed by atoms with van der Waals surface area (Å²) < 4.78 is 5.16. The first kappa shape index (κ1) is 11.7. The lowest BCUT2D eigenvalue weighted by atomic mass is 9.97. The number of ether oxygens (including phenoxy) is 1. The Hall–Kier alpha value is -0.340. The van der Waals surface area contributed by atoms with Crippen LogP contribution >= 0.6 is 15.9 Å². The molecule has 0 aromatic heterocycles. The molecular formula is C12H17BrO. The third kappa shape index (κ3) is 2.82. The number of rotatable bonds is 4. The van der Waals surface area contributed by atoms with E-state index in [1.54, 1.807) is 7.11 Å². The smallest absolute Gasteiger partial charge is 0.0713 e. The Bertz CT molecular complexity index is 277. The lowest BCUT2D eigenvalue weighted by Gasteiger charge is -2.21. The first-order valence-corrected chi connectivity index (χ1v) is 5.66. The number of halogens is 1. The standard InChI is InChI=1S/C12H17BrO/c1-4-12(2,13)11-7-5-10(6-8-11)9-14-3/h5-8H,4,9H2,1-3H3. The van der Waals surface area contributed by atoms with Gasteiger partial charge in [-0.3, -0.25) is 0 Å². The Morgan fingerprint density at radius 3 is 2.29 bits per heavy atom. The normalized spacial score (nSPS) is 15.1. The molecule has 78 valence electrons. The van der Waals surface area contributed by atoms with Crippen molar-refractivity contribution in [2.45, 2.75) is 31.2 Å². The second-order valence-electron chi connectivity index (χ2n) is 3.68. The van der Waals surface area contributed by atoms with Crippen molar-refractivity contribution in [3.8, 4) is 0 Å². The van der Waals surface area contributed by atoms with E-state index in [-0.39, 0.29) is 4.32 Å². The Morgan fingerprint density at radius 2 is 1.86 bits per heavy atom. The summed E-state index contributed by atoms with van der Waals surface area (Å²) in [6.45, 7) is 5.06. The molecule has 0 aliphatic rings. The van der Waals surface area contributed by atoms with Crippen LogP contribution in [0.1, 0.15) is 31.4 Å². The molecule has 1 rings (SSSR count). The minimum Gasteiger partial charge on any atom is -0.380 e. The topological polar surface area (TPSA) is 9.23 Å². The van der Waals surface area contributed by atoms with Crippen molar-refractivity contribution in [3.63, 3.8) is 0 Å². The molecule has 0 spiro atoms. The molecule has 0 N–H and O–H groups in total. The third-order valence-corrected chi connectivity index (χ3v) is 3.55. The highest BCUT2D eigenvalue weighted by Gasteiger charge is 2.19. The van der Waals surface area contributed by atoms with Crippen LogP contribution in [0.4, 0.5) is 0 Å². The lowest BCUT2D eigenvalue weighted by molar-refractivity contribution is 0.185. The molecule has 0 amide bonds. The Labute approximate surface area is 94.6 Å². The van der Waals surface area contributed by atoms with Crippen molar-refractivity contribution in [1.29, 1.82) is 0 Å². The summed E-state index contributed by atoms with van der Waals surface area (Å²) in [5, 5.41) is 0. The van der Waals surface area contributed by atoms with E-state index in [1.165, 1.54) is 11.1 Å². The van der Waals surface area contributed by atoms with E-state index in [0.29, 0.717) is 6.61 Å². The first-order chi connectivity index (χ1) is 6.60. The first-order valence-electron chi connectivity index (χ1n) is 4.87. The zero-order valence-electron chi connectivity index (χ0n) is 9.01. The molecule has 0 fully saturated rings. The summed E-state index contributed by atoms with van der Waals surface area (Å²) in [7, 11) is 1.72. The quantitative estimate of drug-likeness (QED) is 0.744. The van der Waals surface area contributed by atoms with Crippen molar-refractivity contribution in [2.75, 3.05) is 7.11 Å². The molecule has 14 heavy (non-hydrogen) atoms. The largest absolute Gasteiger partial charge is 0.380 e. The number of hydrogen-bond acceptors (Lipinski definition) is 1. The predicted octanol–water partition coefficient (Wildman–Crippen LogP) is 3.85. The van der Waals surface area contributed by atoms with Gasteiger partial charge in [-0.15, -0.1) is 0 Å². The summed E-state index contributed by atoms with van der Waals surface area (Å²) in [5.41, 5.74) is 2.54. The van der Waals surface area contributed by atoms with E-state index in [0.717, 1.165) is 6.42 Å². The number of alkyl halides is 1. The molecule has 1 atom stereocenters. The minimum absolute atomic E-state index is 0.0958. The van der Waals surface area contributed by atoms with Gasteiger partial charge in [0.25, 0.3) is 0 Å². The van der Waals surface area contributed by atoms with Gasteiger partial charge in [0.05, 0.1) is 6.61 Å². The summed E-state index contributed by atoms with van der Waals surface area (Å²) >= 11 is 3.72. The second kappa shape index (κ2) is 4.94. The van der Waals surface area contributed by atoms with Crippen LogP contribution < -0.4 is 0 Å². The average molecular weight is 257 g/mol. The van der Waals surface area contributed by atoms with Gasteiger partial charge in [-0.25, -0.2) is 0 Å². The Kier molecular flexibility index (Phi) is 4.14. The molecule has 0 aliphatic heterocycles. The number of hydrogen-bond donors (Lipinski definition) is 0. The van der Waals surface area contributed by atoms with Crippen LogP contribution in [0.25, 0.3) is 0 Å². The van der Waals surface area contributed by atoms with Gasteiger partial charge in [0.15, 0.2) is 0 Å². The van der Waals surface area contributed by atoms with Crippen molar-refractivity contribution in [3.05, 3.63) is 35.4 Å². The van der Waals surface area contributed by atoms with Gasteiger partial charge in [-0.1, -0.05) is 47.1 Å². The zero-order valence-corrected chi connectivity index (χ0v) is 10.6. The molecule has 0 saturated heterocycles. The monoisotopic (exact) mass is 256 g/mol. The van der Waals surface area contributed by atoms with Crippen LogP contribution in [0, 0.1) is 0 Å². The molecule has 1 unspecified atom stereocenters. The minimum atomic E-state index is 0.0958. The molecule has 0 saturated carbocycles. The van der Waals surface area contributed by atoms with Gasteiger partial charge in [0.2, 0.25) is 0 Å². The van der Waals surface area contributed by atoms with Gasteiger partial charge in [0, 0.05) is 11.4 Å². The highest BCUT2D eigenvalue weighted by Crippen LogP contribution is 2.33. The van der Waals surface area contributed by atoms with Crippen LogP contribution in [0.3, 0.4) is 0 Å². The van der Waals surface area contributed by atoms with Crippen LogP contribution in [-0.2, 0) is 15.7 Å². The Balaban J connectivity index is 2.82. The average Bonchev–Trinajstić information content (AvgIpc) is 2.19. The molecule has 0 aliphatic carbocycles. The maximum absolute atomic E-state index is 5.07. The van der Waals surface area contributed by atoms with Crippen molar-refractivity contribution >= 4 is 15.9 Å². The number of methoxy groups -OCH3 is 1. The maximum Gasteiger partial charge on any atom is 0.0713 e. The molecule has 2 heteroatoms. The summed E-state index contributed by atoms with van der Waals surface area (Å²) in [4.78, 5) is 0. The fourth-order valence-corrected chi connectivity index (χ4v) is 1.58. The van der Waals surface area contributed by atoms with Crippen molar-refractivity contribution in [1.82, 2.24) is 0 Å². The summed E-state index contributed by atoms with van der Waals surface area (Å²) in [6, 6.07) is 8.56. The molecule has 1 aromatic rings. The summed E-state index contributed by atoms with van der Waals surface area (Å²) in [5.74, 6) is 0. The van der Waals surface area contributed by atoms with Crippen LogP contribution in [0.5, 0.6) is 0 Å². The van der Waals surface area contributed by atoms with Crippen LogP contribution in [0.15, 0.2) is 24.3 Å². The highest BCUT2D eigenvalue weighted by atomic mass is 79.9. The Morgan fingerprint density at radius 1 is 1.29 bits per heavy atom. The molecular weight excluding hydrogens is 240 g/mol.